The zero-order valence-corrected chi connectivity index (χ0v) is 14.8. The van der Waals surface area contributed by atoms with E-state index >= 15 is 0 Å². The molecule has 0 spiro atoms. The van der Waals surface area contributed by atoms with Crippen LogP contribution in [0.2, 0.25) is 0 Å². The lowest BCUT2D eigenvalue weighted by molar-refractivity contribution is 0.430. The summed E-state index contributed by atoms with van der Waals surface area (Å²) in [7, 11) is 0. The van der Waals surface area contributed by atoms with Gasteiger partial charge in [0, 0.05) is 16.5 Å². The van der Waals surface area contributed by atoms with Crippen molar-refractivity contribution in [3.05, 3.63) is 65.2 Å². The van der Waals surface area contributed by atoms with E-state index < -0.39 is 0 Å². The SMILES string of the molecule is C=C(O)c1ccc(-c2nc(-c3cc4c(C)ccc(C)c4o3)no2)cc1C. The highest BCUT2D eigenvalue weighted by Gasteiger charge is 2.17. The van der Waals surface area contributed by atoms with Gasteiger partial charge in [-0.3, -0.25) is 0 Å². The summed E-state index contributed by atoms with van der Waals surface area (Å²) in [6.07, 6.45) is 0. The Kier molecular flexibility index (Phi) is 3.65. The van der Waals surface area contributed by atoms with Gasteiger partial charge in [0.1, 0.15) is 11.3 Å². The van der Waals surface area contributed by atoms with Crippen LogP contribution in [0.5, 0.6) is 0 Å². The third-order valence-electron chi connectivity index (χ3n) is 4.53. The van der Waals surface area contributed by atoms with Crippen LogP contribution >= 0.6 is 0 Å². The fourth-order valence-corrected chi connectivity index (χ4v) is 3.06. The van der Waals surface area contributed by atoms with E-state index in [2.05, 4.69) is 22.8 Å². The lowest BCUT2D eigenvalue weighted by Gasteiger charge is -2.04. The zero-order chi connectivity index (χ0) is 18.4. The van der Waals surface area contributed by atoms with Crippen molar-refractivity contribution in [3.8, 4) is 23.0 Å². The fourth-order valence-electron chi connectivity index (χ4n) is 3.06. The van der Waals surface area contributed by atoms with Crippen LogP contribution < -0.4 is 0 Å². The first-order chi connectivity index (χ1) is 12.4. The predicted molar refractivity (Wildman–Crippen MR) is 101 cm³/mol. The highest BCUT2D eigenvalue weighted by Crippen LogP contribution is 2.32. The highest BCUT2D eigenvalue weighted by atomic mass is 16.5. The molecular weight excluding hydrogens is 328 g/mol. The summed E-state index contributed by atoms with van der Waals surface area (Å²) in [5.41, 5.74) is 5.39. The fraction of sp³-hybridized carbons (Fsp3) is 0.143. The van der Waals surface area contributed by atoms with Gasteiger partial charge in [0.25, 0.3) is 5.89 Å². The molecule has 1 N–H and O–H groups in total. The van der Waals surface area contributed by atoms with Crippen molar-refractivity contribution >= 4 is 16.7 Å². The summed E-state index contributed by atoms with van der Waals surface area (Å²) in [5, 5.41) is 14.7. The van der Waals surface area contributed by atoms with E-state index in [1.807, 2.05) is 45.0 Å². The number of furan rings is 1. The van der Waals surface area contributed by atoms with Gasteiger partial charge in [0.2, 0.25) is 5.82 Å². The van der Waals surface area contributed by atoms with Gasteiger partial charge in [0.15, 0.2) is 5.76 Å². The summed E-state index contributed by atoms with van der Waals surface area (Å²) in [5.74, 6) is 1.41. The Morgan fingerprint density at radius 2 is 1.77 bits per heavy atom. The molecule has 0 radical (unpaired) electrons. The van der Waals surface area contributed by atoms with Gasteiger partial charge in [-0.15, -0.1) is 0 Å². The molecule has 2 aromatic heterocycles. The number of hydrogen-bond acceptors (Lipinski definition) is 5. The number of hydrogen-bond donors (Lipinski definition) is 1. The molecule has 0 aliphatic carbocycles. The zero-order valence-electron chi connectivity index (χ0n) is 14.8. The maximum Gasteiger partial charge on any atom is 0.258 e. The monoisotopic (exact) mass is 346 g/mol. The predicted octanol–water partition coefficient (Wildman–Crippen LogP) is 5.60. The van der Waals surface area contributed by atoms with Crippen LogP contribution in [0.25, 0.3) is 39.8 Å². The van der Waals surface area contributed by atoms with Crippen molar-refractivity contribution in [1.82, 2.24) is 10.1 Å². The molecule has 5 heteroatoms. The van der Waals surface area contributed by atoms with Gasteiger partial charge in [0.05, 0.1) is 0 Å². The molecule has 2 heterocycles. The number of aryl methyl sites for hydroxylation is 3. The van der Waals surface area contributed by atoms with Crippen LogP contribution in [-0.4, -0.2) is 15.2 Å². The van der Waals surface area contributed by atoms with Gasteiger partial charge in [-0.25, -0.2) is 0 Å². The molecule has 2 aromatic carbocycles. The molecule has 0 bridgehead atoms. The molecule has 0 aliphatic heterocycles. The number of rotatable bonds is 3. The Morgan fingerprint density at radius 1 is 1.00 bits per heavy atom. The van der Waals surface area contributed by atoms with Crippen molar-refractivity contribution in [2.45, 2.75) is 20.8 Å². The number of fused-ring (bicyclic) bond motifs is 1. The minimum atomic E-state index is 0.0354. The largest absolute Gasteiger partial charge is 0.508 e. The molecule has 0 unspecified atom stereocenters. The average molecular weight is 346 g/mol. The lowest BCUT2D eigenvalue weighted by atomic mass is 10.0. The summed E-state index contributed by atoms with van der Waals surface area (Å²) >= 11 is 0. The number of nitrogens with zero attached hydrogens (tertiary/aromatic N) is 2. The maximum atomic E-state index is 9.57. The first-order valence-corrected chi connectivity index (χ1v) is 8.27. The Bertz CT molecular complexity index is 1110. The minimum Gasteiger partial charge on any atom is -0.508 e. The lowest BCUT2D eigenvalue weighted by Crippen LogP contribution is -1.88. The normalized spacial score (nSPS) is 11.2. The second-order valence-electron chi connectivity index (χ2n) is 6.45. The highest BCUT2D eigenvalue weighted by molar-refractivity contribution is 5.87. The van der Waals surface area contributed by atoms with Crippen molar-refractivity contribution in [3.63, 3.8) is 0 Å². The van der Waals surface area contributed by atoms with Crippen molar-refractivity contribution < 1.29 is 14.0 Å². The van der Waals surface area contributed by atoms with E-state index in [4.69, 9.17) is 8.94 Å². The first-order valence-electron chi connectivity index (χ1n) is 8.27. The van der Waals surface area contributed by atoms with Gasteiger partial charge in [-0.2, -0.15) is 4.98 Å². The minimum absolute atomic E-state index is 0.0354. The number of benzene rings is 2. The molecule has 0 fully saturated rings. The average Bonchev–Trinajstić information content (AvgIpc) is 3.25. The molecule has 130 valence electrons. The van der Waals surface area contributed by atoms with Gasteiger partial charge >= 0.3 is 0 Å². The summed E-state index contributed by atoms with van der Waals surface area (Å²) in [6, 6.07) is 11.5. The van der Waals surface area contributed by atoms with Crippen LogP contribution in [0.4, 0.5) is 0 Å². The van der Waals surface area contributed by atoms with Crippen LogP contribution in [-0.2, 0) is 0 Å². The molecular formula is C21H18N2O3. The second kappa shape index (κ2) is 5.88. The van der Waals surface area contributed by atoms with E-state index in [9.17, 15) is 5.11 Å². The molecule has 0 saturated carbocycles. The molecule has 0 saturated heterocycles. The van der Waals surface area contributed by atoms with Crippen LogP contribution in [0, 0.1) is 20.8 Å². The second-order valence-corrected chi connectivity index (χ2v) is 6.45. The van der Waals surface area contributed by atoms with E-state index in [0.29, 0.717) is 23.0 Å². The van der Waals surface area contributed by atoms with Gasteiger partial charge in [-0.1, -0.05) is 29.9 Å². The number of aromatic nitrogens is 2. The molecule has 26 heavy (non-hydrogen) atoms. The number of aliphatic hydroxyl groups is 1. The summed E-state index contributed by atoms with van der Waals surface area (Å²) in [6.45, 7) is 9.50. The quantitative estimate of drug-likeness (QED) is 0.489. The molecule has 4 aromatic rings. The van der Waals surface area contributed by atoms with Crippen molar-refractivity contribution in [1.29, 1.82) is 0 Å². The Hall–Kier alpha value is -3.34. The van der Waals surface area contributed by atoms with Crippen molar-refractivity contribution in [2.75, 3.05) is 0 Å². The first kappa shape index (κ1) is 16.1. The molecule has 5 nitrogen and oxygen atoms in total. The smallest absolute Gasteiger partial charge is 0.258 e. The summed E-state index contributed by atoms with van der Waals surface area (Å²) < 4.78 is 11.4. The van der Waals surface area contributed by atoms with E-state index in [1.165, 1.54) is 0 Å². The third-order valence-corrected chi connectivity index (χ3v) is 4.53. The van der Waals surface area contributed by atoms with Crippen LogP contribution in [0.1, 0.15) is 22.3 Å². The van der Waals surface area contributed by atoms with Crippen LogP contribution in [0.15, 0.2) is 51.9 Å². The third kappa shape index (κ3) is 2.58. The molecule has 0 amide bonds. The van der Waals surface area contributed by atoms with E-state index in [0.717, 1.165) is 33.2 Å². The maximum absolute atomic E-state index is 9.57. The van der Waals surface area contributed by atoms with Crippen molar-refractivity contribution in [2.24, 2.45) is 0 Å². The topological polar surface area (TPSA) is 72.3 Å². The Labute approximate surface area is 150 Å². The Balaban J connectivity index is 1.75. The van der Waals surface area contributed by atoms with E-state index in [-0.39, 0.29) is 5.76 Å². The number of aliphatic hydroxyl groups excluding tert-OH is 1. The standard InChI is InChI=1S/C21H18N2O3/c1-11-5-6-12(2)19-17(11)10-18(25-19)20-22-21(26-23-20)15-7-8-16(14(4)24)13(3)9-15/h5-10,24H,4H2,1-3H3. The van der Waals surface area contributed by atoms with Gasteiger partial charge < -0.3 is 14.0 Å². The van der Waals surface area contributed by atoms with E-state index in [1.54, 1.807) is 6.07 Å². The molecule has 0 aliphatic rings. The Morgan fingerprint density at radius 3 is 2.46 bits per heavy atom. The molecule has 4 rings (SSSR count). The summed E-state index contributed by atoms with van der Waals surface area (Å²) in [4.78, 5) is 4.46. The molecule has 0 atom stereocenters. The van der Waals surface area contributed by atoms with Crippen LogP contribution in [0.3, 0.4) is 0 Å². The van der Waals surface area contributed by atoms with Gasteiger partial charge in [-0.05, 0) is 55.7 Å².